The summed E-state index contributed by atoms with van der Waals surface area (Å²) in [5, 5.41) is 0. The highest BCUT2D eigenvalue weighted by atomic mass is 16.5. The zero-order valence-electron chi connectivity index (χ0n) is 17.5. The average molecular weight is 357 g/mol. The summed E-state index contributed by atoms with van der Waals surface area (Å²) in [6.07, 6.45) is 15.4. The smallest absolute Gasteiger partial charge is 0.305 e. The number of hydrogen-bond donors (Lipinski definition) is 0. The van der Waals surface area contributed by atoms with E-state index in [-0.39, 0.29) is 5.97 Å². The van der Waals surface area contributed by atoms with Gasteiger partial charge in [-0.3, -0.25) is 4.79 Å². The van der Waals surface area contributed by atoms with Gasteiger partial charge in [0, 0.05) is 12.8 Å². The summed E-state index contributed by atoms with van der Waals surface area (Å²) < 4.78 is 10.3. The molecule has 0 aromatic rings. The van der Waals surface area contributed by atoms with Crippen LogP contribution in [0.2, 0.25) is 0 Å². The van der Waals surface area contributed by atoms with Gasteiger partial charge in [-0.1, -0.05) is 92.1 Å². The second kappa shape index (κ2) is 23.0. The van der Waals surface area contributed by atoms with Crippen molar-refractivity contribution in [1.82, 2.24) is 0 Å². The average Bonchev–Trinajstić information content (AvgIpc) is 2.63. The molecule has 0 aromatic carbocycles. The van der Waals surface area contributed by atoms with Crippen LogP contribution in [-0.4, -0.2) is 19.2 Å². The van der Waals surface area contributed by atoms with Crippen molar-refractivity contribution < 1.29 is 14.3 Å². The van der Waals surface area contributed by atoms with Crippen molar-refractivity contribution >= 4 is 5.97 Å². The number of carbonyl (C=O) groups is 1. The summed E-state index contributed by atoms with van der Waals surface area (Å²) in [5.41, 5.74) is 0. The molecule has 0 N–H and O–H groups in total. The fraction of sp³-hybridized carbons (Fsp3) is 0.864. The highest BCUT2D eigenvalue weighted by Crippen LogP contribution is 2.06. The molecular formula is C22H44O3. The Hall–Kier alpha value is -0.990. The van der Waals surface area contributed by atoms with Crippen molar-refractivity contribution in [2.75, 3.05) is 13.2 Å². The van der Waals surface area contributed by atoms with Gasteiger partial charge >= 0.3 is 5.97 Å². The van der Waals surface area contributed by atoms with Crippen LogP contribution in [0.5, 0.6) is 0 Å². The SMILES string of the molecule is C=C(CC)OCCCCCCCC.CCCCCCCOC(=O)CC. The molecule has 150 valence electrons. The number of unbranched alkanes of at least 4 members (excludes halogenated alkanes) is 9. The summed E-state index contributed by atoms with van der Waals surface area (Å²) >= 11 is 0. The van der Waals surface area contributed by atoms with Crippen molar-refractivity contribution in [2.45, 2.75) is 111 Å². The predicted octanol–water partition coefficient (Wildman–Crippen LogP) is 7.20. The van der Waals surface area contributed by atoms with Crippen LogP contribution in [0.25, 0.3) is 0 Å². The lowest BCUT2D eigenvalue weighted by molar-refractivity contribution is -0.143. The molecule has 3 heteroatoms. The second-order valence-electron chi connectivity index (χ2n) is 6.50. The van der Waals surface area contributed by atoms with Gasteiger partial charge in [0.05, 0.1) is 19.0 Å². The van der Waals surface area contributed by atoms with Gasteiger partial charge in [0.25, 0.3) is 0 Å². The number of allylic oxidation sites excluding steroid dienone is 1. The Morgan fingerprint density at radius 2 is 1.08 bits per heavy atom. The maximum absolute atomic E-state index is 10.7. The molecule has 0 spiro atoms. The van der Waals surface area contributed by atoms with Crippen LogP contribution in [0.4, 0.5) is 0 Å². The van der Waals surface area contributed by atoms with Crippen LogP contribution in [0.15, 0.2) is 12.3 Å². The van der Waals surface area contributed by atoms with Crippen molar-refractivity contribution in [1.29, 1.82) is 0 Å². The van der Waals surface area contributed by atoms with Gasteiger partial charge in [-0.15, -0.1) is 0 Å². The number of rotatable bonds is 16. The zero-order valence-corrected chi connectivity index (χ0v) is 17.5. The van der Waals surface area contributed by atoms with Crippen LogP contribution >= 0.6 is 0 Å². The largest absolute Gasteiger partial charge is 0.499 e. The third-order valence-electron chi connectivity index (χ3n) is 4.00. The van der Waals surface area contributed by atoms with E-state index in [4.69, 9.17) is 9.47 Å². The first-order valence-corrected chi connectivity index (χ1v) is 10.6. The minimum absolute atomic E-state index is 0.0782. The van der Waals surface area contributed by atoms with Gasteiger partial charge in [-0.2, -0.15) is 0 Å². The van der Waals surface area contributed by atoms with Gasteiger partial charge in [0.2, 0.25) is 0 Å². The number of carbonyl (C=O) groups excluding carboxylic acids is 1. The van der Waals surface area contributed by atoms with E-state index in [0.717, 1.165) is 25.2 Å². The normalized spacial score (nSPS) is 9.92. The summed E-state index contributed by atoms with van der Waals surface area (Å²) in [5.74, 6) is 0.846. The molecule has 0 aromatic heterocycles. The maximum atomic E-state index is 10.7. The number of ether oxygens (including phenoxy) is 2. The molecule has 3 nitrogen and oxygen atoms in total. The fourth-order valence-corrected chi connectivity index (χ4v) is 2.19. The van der Waals surface area contributed by atoms with Crippen LogP contribution in [0, 0.1) is 0 Å². The molecule has 0 aliphatic rings. The standard InChI is InChI=1S/C12H24O.C10H20O2/c1-4-6-7-8-9-10-11-13-12(3)5-2;1-3-5-6-7-8-9-12-10(11)4-2/h3-11H2,1-2H3;3-9H2,1-2H3. The van der Waals surface area contributed by atoms with E-state index in [1.54, 1.807) is 0 Å². The molecule has 0 unspecified atom stereocenters. The van der Waals surface area contributed by atoms with E-state index in [0.29, 0.717) is 13.0 Å². The first-order chi connectivity index (χ1) is 12.1. The molecule has 0 heterocycles. The summed E-state index contributed by atoms with van der Waals surface area (Å²) in [6, 6.07) is 0. The van der Waals surface area contributed by atoms with Gasteiger partial charge in [0.1, 0.15) is 0 Å². The number of esters is 1. The van der Waals surface area contributed by atoms with Crippen molar-refractivity contribution in [3.8, 4) is 0 Å². The monoisotopic (exact) mass is 356 g/mol. The molecule has 0 aliphatic carbocycles. The molecule has 0 aliphatic heterocycles. The van der Waals surface area contributed by atoms with Crippen LogP contribution in [0.3, 0.4) is 0 Å². The van der Waals surface area contributed by atoms with Gasteiger partial charge < -0.3 is 9.47 Å². The minimum atomic E-state index is -0.0782. The molecule has 0 bridgehead atoms. The Balaban J connectivity index is 0. The lowest BCUT2D eigenvalue weighted by Crippen LogP contribution is -2.03. The van der Waals surface area contributed by atoms with Crippen LogP contribution in [0.1, 0.15) is 111 Å². The lowest BCUT2D eigenvalue weighted by atomic mass is 10.1. The Bertz CT molecular complexity index is 287. The maximum Gasteiger partial charge on any atom is 0.305 e. The van der Waals surface area contributed by atoms with Crippen molar-refractivity contribution in [3.63, 3.8) is 0 Å². The minimum Gasteiger partial charge on any atom is -0.499 e. The molecule has 0 fully saturated rings. The molecule has 0 atom stereocenters. The molecule has 25 heavy (non-hydrogen) atoms. The van der Waals surface area contributed by atoms with Gasteiger partial charge in [-0.05, 0) is 12.8 Å². The summed E-state index contributed by atoms with van der Waals surface area (Å²) in [7, 11) is 0. The van der Waals surface area contributed by atoms with Gasteiger partial charge in [0.15, 0.2) is 0 Å². The van der Waals surface area contributed by atoms with E-state index in [9.17, 15) is 4.79 Å². The number of hydrogen-bond acceptors (Lipinski definition) is 3. The highest BCUT2D eigenvalue weighted by molar-refractivity contribution is 5.68. The van der Waals surface area contributed by atoms with Crippen molar-refractivity contribution in [2.24, 2.45) is 0 Å². The Labute approximate surface area is 157 Å². The molecule has 0 amide bonds. The second-order valence-corrected chi connectivity index (χ2v) is 6.50. The summed E-state index contributed by atoms with van der Waals surface area (Å²) in [4.78, 5) is 10.7. The molecule has 0 saturated heterocycles. The fourth-order valence-electron chi connectivity index (χ4n) is 2.19. The topological polar surface area (TPSA) is 35.5 Å². The molecule has 0 radical (unpaired) electrons. The predicted molar refractivity (Wildman–Crippen MR) is 109 cm³/mol. The Morgan fingerprint density at radius 1 is 0.640 bits per heavy atom. The van der Waals surface area contributed by atoms with E-state index < -0.39 is 0 Å². The third kappa shape index (κ3) is 25.4. The third-order valence-corrected chi connectivity index (χ3v) is 4.00. The highest BCUT2D eigenvalue weighted by Gasteiger charge is 1.96. The zero-order chi connectivity index (χ0) is 19.2. The summed E-state index contributed by atoms with van der Waals surface area (Å²) in [6.45, 7) is 13.6. The lowest BCUT2D eigenvalue weighted by Gasteiger charge is -2.06. The van der Waals surface area contributed by atoms with E-state index in [1.807, 2.05) is 6.92 Å². The van der Waals surface area contributed by atoms with Crippen LogP contribution < -0.4 is 0 Å². The Morgan fingerprint density at radius 3 is 1.52 bits per heavy atom. The van der Waals surface area contributed by atoms with Crippen molar-refractivity contribution in [3.05, 3.63) is 12.3 Å². The quantitative estimate of drug-likeness (QED) is 0.167. The molecule has 0 saturated carbocycles. The molecule has 0 rings (SSSR count). The van der Waals surface area contributed by atoms with E-state index in [2.05, 4.69) is 27.4 Å². The van der Waals surface area contributed by atoms with Gasteiger partial charge in [-0.25, -0.2) is 0 Å². The first-order valence-electron chi connectivity index (χ1n) is 10.6. The molecular weight excluding hydrogens is 312 g/mol. The van der Waals surface area contributed by atoms with E-state index in [1.165, 1.54) is 64.2 Å². The van der Waals surface area contributed by atoms with E-state index >= 15 is 0 Å². The van der Waals surface area contributed by atoms with Crippen LogP contribution in [-0.2, 0) is 14.3 Å². The Kier molecular flexibility index (Phi) is 24.2. The first kappa shape index (κ1) is 26.2.